The molecule has 0 saturated carbocycles. The van der Waals surface area contributed by atoms with Gasteiger partial charge in [0.15, 0.2) is 11.2 Å². The van der Waals surface area contributed by atoms with Crippen molar-refractivity contribution in [3.05, 3.63) is 35.1 Å². The minimum absolute atomic E-state index is 0.100. The summed E-state index contributed by atoms with van der Waals surface area (Å²) >= 11 is 0. The zero-order valence-corrected chi connectivity index (χ0v) is 18.3. The van der Waals surface area contributed by atoms with Crippen molar-refractivity contribution in [2.75, 3.05) is 6.61 Å². The monoisotopic (exact) mass is 413 g/mol. The van der Waals surface area contributed by atoms with E-state index in [1.54, 1.807) is 23.2 Å². The Morgan fingerprint density at radius 1 is 1.24 bits per heavy atom. The van der Waals surface area contributed by atoms with E-state index < -0.39 is 8.07 Å². The Hall–Kier alpha value is -2.72. The number of hydrogen-bond donors (Lipinski definition) is 1. The smallest absolute Gasteiger partial charge is 0.281 e. The van der Waals surface area contributed by atoms with Gasteiger partial charge in [-0.25, -0.2) is 9.97 Å². The predicted molar refractivity (Wildman–Crippen MR) is 115 cm³/mol. The van der Waals surface area contributed by atoms with Crippen LogP contribution in [0.2, 0.25) is 25.7 Å². The Morgan fingerprint density at radius 2 is 2.07 bits per heavy atom. The van der Waals surface area contributed by atoms with E-state index in [0.29, 0.717) is 35.9 Å². The lowest BCUT2D eigenvalue weighted by Gasteiger charge is -2.16. The zero-order valence-electron chi connectivity index (χ0n) is 17.3. The lowest BCUT2D eigenvalue weighted by atomic mass is 10.3. The molecule has 0 atom stereocenters. The number of aromatic amines is 1. The molecule has 0 spiro atoms. The second-order valence-corrected chi connectivity index (χ2v) is 14.0. The van der Waals surface area contributed by atoms with Gasteiger partial charge >= 0.3 is 0 Å². The van der Waals surface area contributed by atoms with Crippen molar-refractivity contribution in [2.45, 2.75) is 52.3 Å². The zero-order chi connectivity index (χ0) is 20.6. The Labute approximate surface area is 169 Å². The number of aromatic nitrogens is 7. The maximum Gasteiger partial charge on any atom is 0.281 e. The summed E-state index contributed by atoms with van der Waals surface area (Å²) in [4.78, 5) is 22.6. The number of rotatable bonds is 8. The van der Waals surface area contributed by atoms with Crippen LogP contribution in [0, 0.1) is 0 Å². The highest BCUT2D eigenvalue weighted by molar-refractivity contribution is 6.76. The summed E-state index contributed by atoms with van der Waals surface area (Å²) < 4.78 is 11.4. The molecule has 10 heteroatoms. The minimum atomic E-state index is -1.20. The number of aryl methyl sites for hydroxylation is 1. The maximum atomic E-state index is 13.4. The van der Waals surface area contributed by atoms with Gasteiger partial charge in [0, 0.05) is 39.8 Å². The van der Waals surface area contributed by atoms with Crippen molar-refractivity contribution < 1.29 is 4.74 Å². The standard InChI is InChI=1S/C19H27N7O2Si/c1-5-7-25-18(27)15-17(24-8-6-20-19(24)25)23-16(14-11-21-22-12-14)26(15)13-28-9-10-29(2,3)4/h6,8,11-12H,5,7,9-10,13H2,1-4H3,(H,21,22). The van der Waals surface area contributed by atoms with Gasteiger partial charge in [0.05, 0.1) is 11.8 Å². The molecule has 0 fully saturated rings. The second-order valence-electron chi connectivity index (χ2n) is 8.42. The van der Waals surface area contributed by atoms with E-state index in [1.165, 1.54) is 0 Å². The summed E-state index contributed by atoms with van der Waals surface area (Å²) in [6, 6.07) is 1.06. The molecule has 4 aromatic heterocycles. The van der Waals surface area contributed by atoms with Gasteiger partial charge in [-0.05, 0) is 12.5 Å². The number of nitrogens with one attached hydrogen (secondary N) is 1. The molecule has 9 nitrogen and oxygen atoms in total. The Morgan fingerprint density at radius 3 is 2.76 bits per heavy atom. The first-order valence-corrected chi connectivity index (χ1v) is 13.6. The summed E-state index contributed by atoms with van der Waals surface area (Å²) in [6.45, 7) is 10.5. The van der Waals surface area contributed by atoms with E-state index in [4.69, 9.17) is 9.72 Å². The quantitative estimate of drug-likeness (QED) is 0.354. The molecule has 0 aliphatic carbocycles. The van der Waals surface area contributed by atoms with Gasteiger partial charge in [0.25, 0.3) is 5.56 Å². The third-order valence-electron chi connectivity index (χ3n) is 4.91. The molecule has 29 heavy (non-hydrogen) atoms. The van der Waals surface area contributed by atoms with Crippen molar-refractivity contribution in [1.29, 1.82) is 0 Å². The number of H-pyrrole nitrogens is 1. The van der Waals surface area contributed by atoms with Crippen LogP contribution in [0.15, 0.2) is 29.6 Å². The Bertz CT molecular complexity index is 1180. The fourth-order valence-electron chi connectivity index (χ4n) is 3.38. The van der Waals surface area contributed by atoms with E-state index in [0.717, 1.165) is 18.0 Å². The van der Waals surface area contributed by atoms with Crippen LogP contribution in [0.4, 0.5) is 0 Å². The highest BCUT2D eigenvalue weighted by Gasteiger charge is 2.22. The number of nitrogens with zero attached hydrogens (tertiary/aromatic N) is 6. The van der Waals surface area contributed by atoms with Crippen molar-refractivity contribution in [3.63, 3.8) is 0 Å². The number of hydrogen-bond acceptors (Lipinski definition) is 5. The summed E-state index contributed by atoms with van der Waals surface area (Å²) in [7, 11) is -1.20. The van der Waals surface area contributed by atoms with Crippen molar-refractivity contribution in [1.82, 2.24) is 33.7 Å². The van der Waals surface area contributed by atoms with Gasteiger partial charge in [-0.1, -0.05) is 26.6 Å². The Balaban J connectivity index is 1.87. The fraction of sp³-hybridized carbons (Fsp3) is 0.474. The highest BCUT2D eigenvalue weighted by atomic mass is 28.3. The van der Waals surface area contributed by atoms with Crippen LogP contribution >= 0.6 is 0 Å². The molecule has 4 aromatic rings. The molecule has 154 valence electrons. The molecule has 0 radical (unpaired) electrons. The lowest BCUT2D eigenvalue weighted by Crippen LogP contribution is -2.25. The largest absolute Gasteiger partial charge is 0.361 e. The first-order chi connectivity index (χ1) is 13.9. The molecule has 0 aromatic carbocycles. The molecule has 0 unspecified atom stereocenters. The molecule has 0 bridgehead atoms. The first-order valence-electron chi connectivity index (χ1n) is 9.93. The van der Waals surface area contributed by atoms with Crippen LogP contribution in [-0.4, -0.2) is 48.4 Å². The molecular weight excluding hydrogens is 386 g/mol. The highest BCUT2D eigenvalue weighted by Crippen LogP contribution is 2.23. The lowest BCUT2D eigenvalue weighted by molar-refractivity contribution is 0.0908. The number of ether oxygens (including phenoxy) is 1. The van der Waals surface area contributed by atoms with Crippen LogP contribution in [0.25, 0.3) is 28.3 Å². The first kappa shape index (κ1) is 19.6. The third kappa shape index (κ3) is 3.65. The molecular formula is C19H27N7O2Si. The predicted octanol–water partition coefficient (Wildman–Crippen LogP) is 2.96. The molecule has 4 rings (SSSR count). The van der Waals surface area contributed by atoms with Crippen molar-refractivity contribution in [2.24, 2.45) is 0 Å². The second kappa shape index (κ2) is 7.60. The third-order valence-corrected chi connectivity index (χ3v) is 6.61. The van der Waals surface area contributed by atoms with Crippen LogP contribution in [0.5, 0.6) is 0 Å². The van der Waals surface area contributed by atoms with Gasteiger partial charge in [-0.3, -0.25) is 23.4 Å². The minimum Gasteiger partial charge on any atom is -0.361 e. The van der Waals surface area contributed by atoms with Crippen LogP contribution in [-0.2, 0) is 18.0 Å². The average Bonchev–Trinajstić information content (AvgIpc) is 3.40. The van der Waals surface area contributed by atoms with Gasteiger partial charge in [0.1, 0.15) is 12.6 Å². The Kier molecular flexibility index (Phi) is 5.13. The van der Waals surface area contributed by atoms with Gasteiger partial charge in [-0.15, -0.1) is 0 Å². The molecule has 0 saturated heterocycles. The molecule has 0 aliphatic heterocycles. The normalized spacial score (nSPS) is 12.4. The molecule has 0 aliphatic rings. The number of imidazole rings is 2. The molecule has 4 heterocycles. The summed E-state index contributed by atoms with van der Waals surface area (Å²) in [6.07, 6.45) is 7.85. The van der Waals surface area contributed by atoms with Crippen LogP contribution in [0.1, 0.15) is 13.3 Å². The van der Waals surface area contributed by atoms with E-state index in [9.17, 15) is 4.79 Å². The van der Waals surface area contributed by atoms with E-state index in [2.05, 4.69) is 34.8 Å². The molecule has 1 N–H and O–H groups in total. The van der Waals surface area contributed by atoms with Gasteiger partial charge < -0.3 is 4.74 Å². The van der Waals surface area contributed by atoms with E-state index in [1.807, 2.05) is 22.1 Å². The van der Waals surface area contributed by atoms with Crippen LogP contribution < -0.4 is 5.56 Å². The fourth-order valence-corrected chi connectivity index (χ4v) is 4.13. The van der Waals surface area contributed by atoms with E-state index in [-0.39, 0.29) is 12.3 Å². The van der Waals surface area contributed by atoms with Crippen molar-refractivity contribution in [3.8, 4) is 11.4 Å². The maximum absolute atomic E-state index is 13.4. The topological polar surface area (TPSA) is 95.0 Å². The summed E-state index contributed by atoms with van der Waals surface area (Å²) in [5, 5.41) is 6.87. The average molecular weight is 414 g/mol. The summed E-state index contributed by atoms with van der Waals surface area (Å²) in [5.74, 6) is 1.26. The molecule has 0 amide bonds. The van der Waals surface area contributed by atoms with Crippen molar-refractivity contribution >= 4 is 25.0 Å². The van der Waals surface area contributed by atoms with Gasteiger partial charge in [-0.2, -0.15) is 5.10 Å². The number of fused-ring (bicyclic) bond motifs is 3. The van der Waals surface area contributed by atoms with E-state index >= 15 is 0 Å². The van der Waals surface area contributed by atoms with Gasteiger partial charge in [0.2, 0.25) is 5.78 Å². The summed E-state index contributed by atoms with van der Waals surface area (Å²) in [5.41, 5.74) is 1.81. The van der Waals surface area contributed by atoms with Crippen LogP contribution in [0.3, 0.4) is 0 Å². The SMILES string of the molecule is CCCn1c(=O)c2c(nc(-c3cn[nH]c3)n2COCC[Si](C)(C)C)n2ccnc12.